The number of unbranched alkanes of at least 4 members (excludes halogenated alkanes) is 9. The van der Waals surface area contributed by atoms with Gasteiger partial charge >= 0.3 is 0 Å². The fraction of sp³-hybridized carbons (Fsp3) is 0.952. The molecule has 0 rings (SSSR count). The predicted octanol–water partition coefficient (Wildman–Crippen LogP) is 6.55. The molecule has 0 radical (unpaired) electrons. The standard InChI is InChI=1S/C21H43NO2/c1-6-23-21(5,24-7-2)18-16-14-12-10-8-9-11-13-15-17-19-22-20(3)4/h6-19H2,1-5H3. The lowest BCUT2D eigenvalue weighted by Crippen LogP contribution is -2.32. The Kier molecular flexibility index (Phi) is 15.8. The summed E-state index contributed by atoms with van der Waals surface area (Å²) in [4.78, 5) is 4.44. The molecule has 0 heterocycles. The van der Waals surface area contributed by atoms with Crippen molar-refractivity contribution in [3.05, 3.63) is 0 Å². The second-order valence-corrected chi connectivity index (χ2v) is 7.11. The van der Waals surface area contributed by atoms with Gasteiger partial charge in [0.25, 0.3) is 0 Å². The monoisotopic (exact) mass is 341 g/mol. The first-order chi connectivity index (χ1) is 11.5. The Balaban J connectivity index is 3.37. The maximum absolute atomic E-state index is 5.75. The van der Waals surface area contributed by atoms with Crippen LogP contribution in [0.2, 0.25) is 0 Å². The highest BCUT2D eigenvalue weighted by Gasteiger charge is 2.23. The zero-order valence-corrected chi connectivity index (χ0v) is 17.2. The van der Waals surface area contributed by atoms with Crippen molar-refractivity contribution in [3.63, 3.8) is 0 Å². The highest BCUT2D eigenvalue weighted by molar-refractivity contribution is 5.78. The first kappa shape index (κ1) is 23.6. The van der Waals surface area contributed by atoms with Gasteiger partial charge in [-0.3, -0.25) is 4.99 Å². The van der Waals surface area contributed by atoms with Crippen LogP contribution < -0.4 is 0 Å². The molecular weight excluding hydrogens is 298 g/mol. The smallest absolute Gasteiger partial charge is 0.165 e. The van der Waals surface area contributed by atoms with Crippen LogP contribution >= 0.6 is 0 Å². The van der Waals surface area contributed by atoms with E-state index in [1.807, 2.05) is 13.8 Å². The van der Waals surface area contributed by atoms with E-state index in [-0.39, 0.29) is 5.79 Å². The van der Waals surface area contributed by atoms with E-state index in [9.17, 15) is 0 Å². The average Bonchev–Trinajstić information content (AvgIpc) is 2.52. The first-order valence-corrected chi connectivity index (χ1v) is 10.3. The molecule has 0 aromatic rings. The molecule has 0 N–H and O–H groups in total. The molecule has 0 saturated carbocycles. The normalized spacial score (nSPS) is 11.7. The van der Waals surface area contributed by atoms with Gasteiger partial charge in [-0.15, -0.1) is 0 Å². The van der Waals surface area contributed by atoms with E-state index in [2.05, 4.69) is 25.8 Å². The molecule has 0 unspecified atom stereocenters. The zero-order valence-electron chi connectivity index (χ0n) is 17.2. The van der Waals surface area contributed by atoms with Gasteiger partial charge in [-0.05, 0) is 47.5 Å². The largest absolute Gasteiger partial charge is 0.351 e. The van der Waals surface area contributed by atoms with E-state index in [0.717, 1.165) is 26.2 Å². The molecule has 0 saturated heterocycles. The highest BCUT2D eigenvalue weighted by Crippen LogP contribution is 2.21. The Morgan fingerprint density at radius 2 is 1.12 bits per heavy atom. The van der Waals surface area contributed by atoms with Crippen LogP contribution in [0, 0.1) is 0 Å². The number of nitrogens with zero attached hydrogens (tertiary/aromatic N) is 1. The number of hydrogen-bond donors (Lipinski definition) is 0. The van der Waals surface area contributed by atoms with Crippen LogP contribution in [0.4, 0.5) is 0 Å². The van der Waals surface area contributed by atoms with E-state index in [4.69, 9.17) is 9.47 Å². The number of hydrogen-bond acceptors (Lipinski definition) is 3. The number of rotatable bonds is 17. The maximum atomic E-state index is 5.75. The lowest BCUT2D eigenvalue weighted by molar-refractivity contribution is -0.225. The van der Waals surface area contributed by atoms with Gasteiger partial charge in [-0.1, -0.05) is 51.4 Å². The molecule has 144 valence electrons. The summed E-state index contributed by atoms with van der Waals surface area (Å²) in [6.45, 7) is 12.8. The van der Waals surface area contributed by atoms with Crippen molar-refractivity contribution >= 4 is 5.71 Å². The Bertz CT molecular complexity index is 292. The van der Waals surface area contributed by atoms with Crippen LogP contribution in [0.25, 0.3) is 0 Å². The van der Waals surface area contributed by atoms with Crippen molar-refractivity contribution in [1.82, 2.24) is 0 Å². The molecule has 0 atom stereocenters. The fourth-order valence-electron chi connectivity index (χ4n) is 3.07. The summed E-state index contributed by atoms with van der Waals surface area (Å²) in [5.74, 6) is -0.371. The molecule has 0 aliphatic heterocycles. The molecule has 0 aliphatic carbocycles. The van der Waals surface area contributed by atoms with Gasteiger partial charge in [0.05, 0.1) is 0 Å². The van der Waals surface area contributed by atoms with Crippen molar-refractivity contribution in [2.45, 2.75) is 111 Å². The SMILES string of the molecule is CCOC(C)(CCCCCCCCCCCCN=C(C)C)OCC. The van der Waals surface area contributed by atoms with E-state index < -0.39 is 0 Å². The molecule has 0 amide bonds. The first-order valence-electron chi connectivity index (χ1n) is 10.3. The number of ether oxygens (including phenoxy) is 2. The molecule has 0 fully saturated rings. The summed E-state index contributed by atoms with van der Waals surface area (Å²) in [5, 5.41) is 0. The van der Waals surface area contributed by atoms with Gasteiger partial charge in [-0.2, -0.15) is 0 Å². The molecule has 3 nitrogen and oxygen atoms in total. The minimum absolute atomic E-state index is 0.371. The minimum atomic E-state index is -0.371. The van der Waals surface area contributed by atoms with Crippen molar-refractivity contribution < 1.29 is 9.47 Å². The molecule has 3 heteroatoms. The average molecular weight is 342 g/mol. The van der Waals surface area contributed by atoms with Crippen LogP contribution in [-0.2, 0) is 9.47 Å². The number of aliphatic imine (C=N–C) groups is 1. The minimum Gasteiger partial charge on any atom is -0.351 e. The lowest BCUT2D eigenvalue weighted by atomic mass is 10.0. The van der Waals surface area contributed by atoms with Crippen molar-refractivity contribution in [3.8, 4) is 0 Å². The highest BCUT2D eigenvalue weighted by atomic mass is 16.7. The summed E-state index contributed by atoms with van der Waals surface area (Å²) in [6.07, 6.45) is 14.4. The second-order valence-electron chi connectivity index (χ2n) is 7.11. The quantitative estimate of drug-likeness (QED) is 0.171. The van der Waals surface area contributed by atoms with E-state index >= 15 is 0 Å². The third kappa shape index (κ3) is 15.1. The van der Waals surface area contributed by atoms with E-state index in [0.29, 0.717) is 0 Å². The summed E-state index contributed by atoms with van der Waals surface area (Å²) in [6, 6.07) is 0. The van der Waals surface area contributed by atoms with Crippen molar-refractivity contribution in [2.75, 3.05) is 19.8 Å². The van der Waals surface area contributed by atoms with Crippen molar-refractivity contribution in [1.29, 1.82) is 0 Å². The molecule has 0 bridgehead atoms. The Hall–Kier alpha value is -0.410. The summed E-state index contributed by atoms with van der Waals surface area (Å²) >= 11 is 0. The lowest BCUT2D eigenvalue weighted by Gasteiger charge is -2.29. The summed E-state index contributed by atoms with van der Waals surface area (Å²) in [7, 11) is 0. The third-order valence-electron chi connectivity index (χ3n) is 4.37. The zero-order chi connectivity index (χ0) is 18.1. The van der Waals surface area contributed by atoms with Crippen LogP contribution in [0.15, 0.2) is 4.99 Å². The van der Waals surface area contributed by atoms with Gasteiger partial charge in [0.2, 0.25) is 0 Å². The van der Waals surface area contributed by atoms with Crippen LogP contribution in [-0.4, -0.2) is 31.3 Å². The van der Waals surface area contributed by atoms with Crippen LogP contribution in [0.5, 0.6) is 0 Å². The van der Waals surface area contributed by atoms with Gasteiger partial charge in [-0.25, -0.2) is 0 Å². The van der Waals surface area contributed by atoms with Gasteiger partial charge in [0.15, 0.2) is 5.79 Å². The molecular formula is C21H43NO2. The predicted molar refractivity (Wildman–Crippen MR) is 106 cm³/mol. The van der Waals surface area contributed by atoms with E-state index in [1.54, 1.807) is 0 Å². The Labute approximate surface area is 151 Å². The molecule has 24 heavy (non-hydrogen) atoms. The van der Waals surface area contributed by atoms with Crippen LogP contribution in [0.1, 0.15) is 105 Å². The van der Waals surface area contributed by atoms with Crippen LogP contribution in [0.3, 0.4) is 0 Å². The Morgan fingerprint density at radius 1 is 0.708 bits per heavy atom. The molecule has 0 aromatic heterocycles. The van der Waals surface area contributed by atoms with Crippen molar-refractivity contribution in [2.24, 2.45) is 4.99 Å². The maximum Gasteiger partial charge on any atom is 0.165 e. The second kappa shape index (κ2) is 16.1. The molecule has 0 aliphatic rings. The summed E-state index contributed by atoms with van der Waals surface area (Å²) < 4.78 is 11.5. The van der Waals surface area contributed by atoms with Gasteiger partial charge in [0.1, 0.15) is 0 Å². The molecule has 0 spiro atoms. The molecule has 0 aromatic carbocycles. The van der Waals surface area contributed by atoms with Gasteiger partial charge < -0.3 is 9.47 Å². The fourth-order valence-corrected chi connectivity index (χ4v) is 3.07. The third-order valence-corrected chi connectivity index (χ3v) is 4.37. The van der Waals surface area contributed by atoms with E-state index in [1.165, 1.54) is 69.9 Å². The van der Waals surface area contributed by atoms with Gasteiger partial charge in [0, 0.05) is 31.9 Å². The summed E-state index contributed by atoms with van der Waals surface area (Å²) in [5.41, 5.74) is 1.21. The Morgan fingerprint density at radius 3 is 1.54 bits per heavy atom. The topological polar surface area (TPSA) is 30.8 Å².